The smallest absolute Gasteiger partial charge is 0.354 e. The van der Waals surface area contributed by atoms with E-state index in [-0.39, 0.29) is 11.4 Å². The Morgan fingerprint density at radius 2 is 2.33 bits per heavy atom. The molecule has 0 spiro atoms. The SMILES string of the molecule is CNC(=O)c1nc[nH]c1C(=O)O. The number of nitrogens with zero attached hydrogens (tertiary/aromatic N) is 1. The molecule has 0 bridgehead atoms. The summed E-state index contributed by atoms with van der Waals surface area (Å²) in [7, 11) is 1.41. The standard InChI is InChI=1S/C6H7N3O3/c1-7-5(10)3-4(6(11)12)9-2-8-3/h2H,1H3,(H,7,10)(H,8,9)(H,11,12). The fourth-order valence-electron chi connectivity index (χ4n) is 0.748. The van der Waals surface area contributed by atoms with Crippen LogP contribution >= 0.6 is 0 Å². The molecular weight excluding hydrogens is 162 g/mol. The number of aromatic carboxylic acids is 1. The lowest BCUT2D eigenvalue weighted by atomic mass is 10.3. The molecule has 1 amide bonds. The second-order valence-corrected chi connectivity index (χ2v) is 2.01. The van der Waals surface area contributed by atoms with E-state index in [4.69, 9.17) is 5.11 Å². The number of carbonyl (C=O) groups excluding carboxylic acids is 1. The highest BCUT2D eigenvalue weighted by Crippen LogP contribution is 2.01. The maximum atomic E-state index is 10.9. The molecule has 3 N–H and O–H groups in total. The van der Waals surface area contributed by atoms with Crippen LogP contribution in [0.1, 0.15) is 21.0 Å². The minimum Gasteiger partial charge on any atom is -0.477 e. The van der Waals surface area contributed by atoms with Crippen LogP contribution in [0.15, 0.2) is 6.33 Å². The number of rotatable bonds is 2. The van der Waals surface area contributed by atoms with Crippen molar-refractivity contribution in [3.8, 4) is 0 Å². The third-order valence-electron chi connectivity index (χ3n) is 1.30. The van der Waals surface area contributed by atoms with Crippen LogP contribution in [0.2, 0.25) is 0 Å². The molecule has 0 fully saturated rings. The number of carboxylic acids is 1. The molecule has 12 heavy (non-hydrogen) atoms. The predicted molar refractivity (Wildman–Crippen MR) is 38.9 cm³/mol. The van der Waals surface area contributed by atoms with Crippen molar-refractivity contribution in [2.75, 3.05) is 7.05 Å². The Balaban J connectivity index is 3.07. The van der Waals surface area contributed by atoms with Gasteiger partial charge >= 0.3 is 5.97 Å². The van der Waals surface area contributed by atoms with Crippen molar-refractivity contribution in [3.63, 3.8) is 0 Å². The van der Waals surface area contributed by atoms with E-state index in [1.54, 1.807) is 0 Å². The number of aromatic nitrogens is 2. The number of amides is 1. The summed E-state index contributed by atoms with van der Waals surface area (Å²) >= 11 is 0. The maximum Gasteiger partial charge on any atom is 0.354 e. The van der Waals surface area contributed by atoms with Crippen LogP contribution < -0.4 is 5.32 Å². The van der Waals surface area contributed by atoms with E-state index in [0.29, 0.717) is 0 Å². The molecule has 6 heteroatoms. The van der Waals surface area contributed by atoms with Gasteiger partial charge in [-0.1, -0.05) is 0 Å². The number of imidazole rings is 1. The number of aromatic amines is 1. The van der Waals surface area contributed by atoms with Gasteiger partial charge in [-0.05, 0) is 0 Å². The molecule has 1 aromatic rings. The van der Waals surface area contributed by atoms with Gasteiger partial charge < -0.3 is 15.4 Å². The Morgan fingerprint density at radius 1 is 1.67 bits per heavy atom. The van der Waals surface area contributed by atoms with Gasteiger partial charge in [0.05, 0.1) is 6.33 Å². The highest BCUT2D eigenvalue weighted by Gasteiger charge is 2.17. The van der Waals surface area contributed by atoms with Gasteiger partial charge in [-0.2, -0.15) is 0 Å². The third-order valence-corrected chi connectivity index (χ3v) is 1.30. The van der Waals surface area contributed by atoms with Gasteiger partial charge in [-0.25, -0.2) is 9.78 Å². The summed E-state index contributed by atoms with van der Waals surface area (Å²) in [5.41, 5.74) is -0.306. The van der Waals surface area contributed by atoms with Crippen LogP contribution in [0, 0.1) is 0 Å². The van der Waals surface area contributed by atoms with Crippen molar-refractivity contribution in [2.24, 2.45) is 0 Å². The van der Waals surface area contributed by atoms with E-state index in [0.717, 1.165) is 6.33 Å². The Kier molecular flexibility index (Phi) is 2.09. The number of hydrogen-bond acceptors (Lipinski definition) is 3. The summed E-state index contributed by atoms with van der Waals surface area (Å²) in [5, 5.41) is 10.8. The molecule has 0 unspecified atom stereocenters. The molecule has 0 aliphatic heterocycles. The zero-order valence-corrected chi connectivity index (χ0v) is 6.29. The lowest BCUT2D eigenvalue weighted by molar-refractivity contribution is 0.0685. The van der Waals surface area contributed by atoms with Gasteiger partial charge in [0, 0.05) is 7.05 Å². The molecule has 0 aromatic carbocycles. The van der Waals surface area contributed by atoms with Crippen LogP contribution in [-0.4, -0.2) is 34.0 Å². The minimum atomic E-state index is -1.20. The quantitative estimate of drug-likeness (QED) is 0.554. The van der Waals surface area contributed by atoms with Gasteiger partial charge in [-0.3, -0.25) is 4.79 Å². The van der Waals surface area contributed by atoms with Crippen molar-refractivity contribution >= 4 is 11.9 Å². The zero-order valence-electron chi connectivity index (χ0n) is 6.29. The lowest BCUT2D eigenvalue weighted by Gasteiger charge is -1.95. The van der Waals surface area contributed by atoms with E-state index in [2.05, 4.69) is 15.3 Å². The van der Waals surface area contributed by atoms with E-state index in [9.17, 15) is 9.59 Å². The molecule has 1 rings (SSSR count). The normalized spacial score (nSPS) is 9.42. The molecule has 0 atom stereocenters. The average Bonchev–Trinajstić information content (AvgIpc) is 2.50. The van der Waals surface area contributed by atoms with Crippen molar-refractivity contribution in [1.82, 2.24) is 15.3 Å². The molecule has 1 aromatic heterocycles. The van der Waals surface area contributed by atoms with Gasteiger partial charge in [0.1, 0.15) is 0 Å². The zero-order chi connectivity index (χ0) is 9.14. The number of nitrogens with one attached hydrogen (secondary N) is 2. The molecule has 0 saturated heterocycles. The third kappa shape index (κ3) is 1.26. The molecule has 6 nitrogen and oxygen atoms in total. The molecule has 1 heterocycles. The predicted octanol–water partition coefficient (Wildman–Crippen LogP) is -0.533. The Bertz CT molecular complexity index is 318. The highest BCUT2D eigenvalue weighted by atomic mass is 16.4. The van der Waals surface area contributed by atoms with Gasteiger partial charge in [0.2, 0.25) is 0 Å². The Morgan fingerprint density at radius 3 is 2.83 bits per heavy atom. The Labute approximate surface area is 67.6 Å². The monoisotopic (exact) mass is 169 g/mol. The summed E-state index contributed by atoms with van der Waals surface area (Å²) in [6, 6.07) is 0. The summed E-state index contributed by atoms with van der Waals surface area (Å²) in [6.45, 7) is 0. The first-order valence-corrected chi connectivity index (χ1v) is 3.15. The first-order valence-electron chi connectivity index (χ1n) is 3.15. The molecule has 64 valence electrons. The first-order chi connectivity index (χ1) is 5.66. The molecular formula is C6H7N3O3. The van der Waals surface area contributed by atoms with Crippen LogP contribution in [-0.2, 0) is 0 Å². The topological polar surface area (TPSA) is 95.1 Å². The minimum absolute atomic E-state index is 0.106. The number of carboxylic acid groups (broad SMARTS) is 1. The second-order valence-electron chi connectivity index (χ2n) is 2.01. The van der Waals surface area contributed by atoms with Gasteiger partial charge in [0.15, 0.2) is 11.4 Å². The van der Waals surface area contributed by atoms with Crippen LogP contribution in [0.25, 0.3) is 0 Å². The number of hydrogen-bond donors (Lipinski definition) is 3. The summed E-state index contributed by atoms with van der Waals surface area (Å²) in [5.74, 6) is -1.72. The van der Waals surface area contributed by atoms with E-state index in [1.165, 1.54) is 7.05 Å². The van der Waals surface area contributed by atoms with Gasteiger partial charge in [-0.15, -0.1) is 0 Å². The lowest BCUT2D eigenvalue weighted by Crippen LogP contribution is -2.21. The molecule has 0 saturated carbocycles. The van der Waals surface area contributed by atoms with Crippen LogP contribution in [0.4, 0.5) is 0 Å². The van der Waals surface area contributed by atoms with Crippen LogP contribution in [0.5, 0.6) is 0 Å². The summed E-state index contributed by atoms with van der Waals surface area (Å²) in [4.78, 5) is 27.3. The van der Waals surface area contributed by atoms with E-state index < -0.39 is 11.9 Å². The molecule has 0 aliphatic rings. The average molecular weight is 169 g/mol. The van der Waals surface area contributed by atoms with Gasteiger partial charge in [0.25, 0.3) is 5.91 Å². The summed E-state index contributed by atoms with van der Waals surface area (Å²) < 4.78 is 0. The fraction of sp³-hybridized carbons (Fsp3) is 0.167. The van der Waals surface area contributed by atoms with Crippen molar-refractivity contribution in [3.05, 3.63) is 17.7 Å². The van der Waals surface area contributed by atoms with Crippen LogP contribution in [0.3, 0.4) is 0 Å². The Hall–Kier alpha value is -1.85. The van der Waals surface area contributed by atoms with Crippen molar-refractivity contribution in [2.45, 2.75) is 0 Å². The van der Waals surface area contributed by atoms with E-state index >= 15 is 0 Å². The summed E-state index contributed by atoms with van der Waals surface area (Å²) in [6.07, 6.45) is 1.16. The first kappa shape index (κ1) is 8.25. The molecule has 0 radical (unpaired) electrons. The largest absolute Gasteiger partial charge is 0.477 e. The number of carbonyl (C=O) groups is 2. The highest BCUT2D eigenvalue weighted by molar-refractivity contribution is 6.01. The fourth-order valence-corrected chi connectivity index (χ4v) is 0.748. The number of H-pyrrole nitrogens is 1. The van der Waals surface area contributed by atoms with Crippen molar-refractivity contribution < 1.29 is 14.7 Å². The maximum absolute atomic E-state index is 10.9. The second kappa shape index (κ2) is 3.04. The van der Waals surface area contributed by atoms with Crippen molar-refractivity contribution in [1.29, 1.82) is 0 Å². The molecule has 0 aliphatic carbocycles. The van der Waals surface area contributed by atoms with E-state index in [1.807, 2.05) is 0 Å².